The molecule has 1 aromatic carbocycles. The molecule has 0 saturated carbocycles. The number of rotatable bonds is 1. The average molecular weight is 163 g/mol. The lowest BCUT2D eigenvalue weighted by molar-refractivity contribution is 0.380. The largest absolute Gasteiger partial charge is 0.312 e. The number of aryl methyl sites for hydroxylation is 1. The maximum Gasteiger partial charge on any atom is 0.227 e. The molecule has 62 valence electrons. The van der Waals surface area contributed by atoms with Gasteiger partial charge in [-0.15, -0.1) is 0 Å². The third kappa shape index (κ3) is 0.853. The number of hydrogen-bond donors (Lipinski definition) is 2. The van der Waals surface area contributed by atoms with Crippen LogP contribution in [0.5, 0.6) is 0 Å². The molecule has 0 amide bonds. The first-order valence-electron chi connectivity index (χ1n) is 3.64. The number of fused-ring (bicyclic) bond motifs is 1. The van der Waals surface area contributed by atoms with Gasteiger partial charge in [0.1, 0.15) is 0 Å². The molecule has 0 radical (unpaired) electrons. The normalized spacial score (nSPS) is 10.5. The van der Waals surface area contributed by atoms with Gasteiger partial charge < -0.3 is 4.57 Å². The summed E-state index contributed by atoms with van der Waals surface area (Å²) in [6.07, 6.45) is 0. The van der Waals surface area contributed by atoms with Crippen molar-refractivity contribution in [3.05, 3.63) is 24.3 Å². The van der Waals surface area contributed by atoms with Gasteiger partial charge in [-0.2, -0.15) is 0 Å². The van der Waals surface area contributed by atoms with E-state index in [1.165, 1.54) is 0 Å². The smallest absolute Gasteiger partial charge is 0.227 e. The van der Waals surface area contributed by atoms with Crippen molar-refractivity contribution in [2.45, 2.75) is 0 Å². The third-order valence-electron chi connectivity index (χ3n) is 1.89. The van der Waals surface area contributed by atoms with Crippen LogP contribution in [-0.2, 0) is 7.05 Å². The van der Waals surface area contributed by atoms with Crippen LogP contribution in [0, 0.1) is 0 Å². The van der Waals surface area contributed by atoms with Crippen molar-refractivity contribution in [2.75, 3.05) is 5.48 Å². The molecule has 4 heteroatoms. The Morgan fingerprint density at radius 1 is 1.42 bits per heavy atom. The standard InChI is InChI=1S/C8H9N3O/c1-11-7-5-3-2-4-6(7)9-8(11)10-12/h2-5,12H,1H3,(H,9,10). The lowest BCUT2D eigenvalue weighted by atomic mass is 10.3. The second-order valence-corrected chi connectivity index (χ2v) is 2.59. The Hall–Kier alpha value is -1.55. The van der Waals surface area contributed by atoms with Crippen molar-refractivity contribution in [3.63, 3.8) is 0 Å². The molecule has 0 aliphatic rings. The zero-order chi connectivity index (χ0) is 8.55. The Morgan fingerprint density at radius 2 is 2.17 bits per heavy atom. The van der Waals surface area contributed by atoms with Crippen LogP contribution < -0.4 is 5.48 Å². The van der Waals surface area contributed by atoms with Crippen LogP contribution in [0.4, 0.5) is 5.95 Å². The molecule has 2 N–H and O–H groups in total. The highest BCUT2D eigenvalue weighted by Crippen LogP contribution is 2.16. The van der Waals surface area contributed by atoms with Crippen molar-refractivity contribution in [2.24, 2.45) is 7.05 Å². The number of aromatic nitrogens is 2. The SMILES string of the molecule is Cn1c(NO)nc2ccccc21. The number of nitrogens with one attached hydrogen (secondary N) is 1. The van der Waals surface area contributed by atoms with E-state index in [1.54, 1.807) is 4.57 Å². The molecule has 0 atom stereocenters. The van der Waals surface area contributed by atoms with Gasteiger partial charge in [-0.25, -0.2) is 10.5 Å². The van der Waals surface area contributed by atoms with E-state index in [2.05, 4.69) is 4.98 Å². The fourth-order valence-corrected chi connectivity index (χ4v) is 1.25. The number of hydrogen-bond acceptors (Lipinski definition) is 3. The van der Waals surface area contributed by atoms with Crippen LogP contribution in [0.2, 0.25) is 0 Å². The zero-order valence-corrected chi connectivity index (χ0v) is 6.65. The fourth-order valence-electron chi connectivity index (χ4n) is 1.25. The fraction of sp³-hybridized carbons (Fsp3) is 0.125. The topological polar surface area (TPSA) is 50.1 Å². The quantitative estimate of drug-likeness (QED) is 0.624. The molecule has 1 aromatic heterocycles. The van der Waals surface area contributed by atoms with Crippen molar-refractivity contribution in [1.29, 1.82) is 0 Å². The number of para-hydroxylation sites is 2. The van der Waals surface area contributed by atoms with Crippen LogP contribution in [0.1, 0.15) is 0 Å². The van der Waals surface area contributed by atoms with Gasteiger partial charge in [0, 0.05) is 7.05 Å². The molecule has 0 fully saturated rings. The summed E-state index contributed by atoms with van der Waals surface area (Å²) in [7, 11) is 1.84. The molecule has 2 aromatic rings. The minimum Gasteiger partial charge on any atom is -0.312 e. The highest BCUT2D eigenvalue weighted by atomic mass is 16.5. The van der Waals surface area contributed by atoms with E-state index in [9.17, 15) is 0 Å². The molecule has 0 aliphatic carbocycles. The molecule has 0 bridgehead atoms. The summed E-state index contributed by atoms with van der Waals surface area (Å²) in [6, 6.07) is 7.70. The van der Waals surface area contributed by atoms with Crippen molar-refractivity contribution in [3.8, 4) is 0 Å². The maximum atomic E-state index is 8.69. The number of imidazole rings is 1. The van der Waals surface area contributed by atoms with E-state index in [-0.39, 0.29) is 0 Å². The van der Waals surface area contributed by atoms with Gasteiger partial charge >= 0.3 is 0 Å². The van der Waals surface area contributed by atoms with Crippen LogP contribution in [-0.4, -0.2) is 14.8 Å². The monoisotopic (exact) mass is 163 g/mol. The Kier molecular flexibility index (Phi) is 1.48. The van der Waals surface area contributed by atoms with Crippen LogP contribution in [0.25, 0.3) is 11.0 Å². The highest BCUT2D eigenvalue weighted by molar-refractivity contribution is 5.78. The Bertz CT molecular complexity index is 408. The number of anilines is 1. The van der Waals surface area contributed by atoms with Gasteiger partial charge in [0.2, 0.25) is 5.95 Å². The van der Waals surface area contributed by atoms with Gasteiger partial charge in [0.25, 0.3) is 0 Å². The second-order valence-electron chi connectivity index (χ2n) is 2.59. The van der Waals surface area contributed by atoms with Crippen molar-refractivity contribution >= 4 is 17.0 Å². The summed E-state index contributed by atoms with van der Waals surface area (Å²) < 4.78 is 1.79. The zero-order valence-electron chi connectivity index (χ0n) is 6.65. The molecule has 0 aliphatic heterocycles. The first-order chi connectivity index (χ1) is 5.83. The van der Waals surface area contributed by atoms with Gasteiger partial charge in [-0.1, -0.05) is 12.1 Å². The maximum absolute atomic E-state index is 8.69. The van der Waals surface area contributed by atoms with Gasteiger partial charge in [0.05, 0.1) is 11.0 Å². The molecular formula is C8H9N3O. The van der Waals surface area contributed by atoms with Gasteiger partial charge in [-0.05, 0) is 12.1 Å². The molecule has 12 heavy (non-hydrogen) atoms. The number of nitrogens with zero attached hydrogens (tertiary/aromatic N) is 2. The second kappa shape index (κ2) is 2.49. The predicted molar refractivity (Wildman–Crippen MR) is 46.1 cm³/mol. The molecular weight excluding hydrogens is 154 g/mol. The summed E-state index contributed by atoms with van der Waals surface area (Å²) in [6.45, 7) is 0. The molecule has 1 heterocycles. The van der Waals surface area contributed by atoms with Crippen LogP contribution in [0.3, 0.4) is 0 Å². The van der Waals surface area contributed by atoms with E-state index in [0.717, 1.165) is 11.0 Å². The minimum absolute atomic E-state index is 0.455. The lowest BCUT2D eigenvalue weighted by Gasteiger charge is -1.97. The molecule has 0 unspecified atom stereocenters. The lowest BCUT2D eigenvalue weighted by Crippen LogP contribution is -1.98. The summed E-state index contributed by atoms with van der Waals surface area (Å²) in [4.78, 5) is 4.13. The Balaban J connectivity index is 2.78. The summed E-state index contributed by atoms with van der Waals surface area (Å²) >= 11 is 0. The summed E-state index contributed by atoms with van der Waals surface area (Å²) in [5.74, 6) is 0.455. The van der Waals surface area contributed by atoms with E-state index in [0.29, 0.717) is 5.95 Å². The molecule has 2 rings (SSSR count). The first kappa shape index (κ1) is 7.12. The summed E-state index contributed by atoms with van der Waals surface area (Å²) in [5, 5.41) is 8.69. The average Bonchev–Trinajstić information content (AvgIpc) is 2.44. The summed E-state index contributed by atoms with van der Waals surface area (Å²) in [5.41, 5.74) is 3.90. The Labute approximate surface area is 69.4 Å². The third-order valence-corrected chi connectivity index (χ3v) is 1.89. The van der Waals surface area contributed by atoms with Crippen LogP contribution in [0.15, 0.2) is 24.3 Å². The molecule has 4 nitrogen and oxygen atoms in total. The van der Waals surface area contributed by atoms with Gasteiger partial charge in [0.15, 0.2) is 0 Å². The number of benzene rings is 1. The van der Waals surface area contributed by atoms with E-state index in [1.807, 2.05) is 36.8 Å². The molecule has 0 saturated heterocycles. The predicted octanol–water partition coefficient (Wildman–Crippen LogP) is 1.37. The Morgan fingerprint density at radius 3 is 2.83 bits per heavy atom. The van der Waals surface area contributed by atoms with Crippen molar-refractivity contribution in [1.82, 2.24) is 9.55 Å². The van der Waals surface area contributed by atoms with Crippen molar-refractivity contribution < 1.29 is 5.21 Å². The first-order valence-corrected chi connectivity index (χ1v) is 3.64. The highest BCUT2D eigenvalue weighted by Gasteiger charge is 2.03. The van der Waals surface area contributed by atoms with Gasteiger partial charge in [-0.3, -0.25) is 5.21 Å². The van der Waals surface area contributed by atoms with E-state index < -0.39 is 0 Å². The molecule has 0 spiro atoms. The van der Waals surface area contributed by atoms with E-state index >= 15 is 0 Å². The van der Waals surface area contributed by atoms with E-state index in [4.69, 9.17) is 5.21 Å². The van der Waals surface area contributed by atoms with Crippen LogP contribution >= 0.6 is 0 Å². The minimum atomic E-state index is 0.455.